The monoisotopic (exact) mass is 438 g/mol. The van der Waals surface area contributed by atoms with Crippen LogP contribution >= 0.6 is 0 Å². The maximum Gasteiger partial charge on any atom is 0.414 e. The molecule has 0 aliphatic rings. The first-order valence-electron chi connectivity index (χ1n) is 8.26. The highest BCUT2D eigenvalue weighted by Crippen LogP contribution is 1.95. The van der Waals surface area contributed by atoms with Crippen LogP contribution < -0.4 is 34.4 Å². The molecule has 0 radical (unpaired) electrons. The molecule has 0 aliphatic heterocycles. The number of carbonyl (C=O) groups is 4. The van der Waals surface area contributed by atoms with Crippen molar-refractivity contribution >= 4 is 35.8 Å². The summed E-state index contributed by atoms with van der Waals surface area (Å²) < 4.78 is 0. The molecule has 0 aromatic rings. The average Bonchev–Trinajstić information content (AvgIpc) is 2.62. The molecular formula is C14H30N8O8. The molecule has 0 amide bonds. The highest BCUT2D eigenvalue weighted by Gasteiger charge is 2.10. The van der Waals surface area contributed by atoms with Crippen molar-refractivity contribution in [3.63, 3.8) is 0 Å². The second-order valence-corrected chi connectivity index (χ2v) is 5.40. The first-order valence-corrected chi connectivity index (χ1v) is 8.26. The van der Waals surface area contributed by atoms with Crippen molar-refractivity contribution in [2.75, 3.05) is 13.1 Å². The van der Waals surface area contributed by atoms with Crippen molar-refractivity contribution in [2.45, 2.75) is 37.8 Å². The lowest BCUT2D eigenvalue weighted by molar-refractivity contribution is -0.159. The minimum absolute atomic E-state index is 0.0129. The van der Waals surface area contributed by atoms with Gasteiger partial charge in [0.2, 0.25) is 0 Å². The van der Waals surface area contributed by atoms with Crippen molar-refractivity contribution in [3.05, 3.63) is 0 Å². The molecular weight excluding hydrogens is 408 g/mol. The van der Waals surface area contributed by atoms with Gasteiger partial charge in [0.1, 0.15) is 12.1 Å². The average molecular weight is 438 g/mol. The van der Waals surface area contributed by atoms with E-state index in [1.54, 1.807) is 0 Å². The van der Waals surface area contributed by atoms with E-state index in [9.17, 15) is 9.59 Å². The van der Waals surface area contributed by atoms with Crippen LogP contribution in [0.1, 0.15) is 25.7 Å². The maximum absolute atomic E-state index is 10.2. The van der Waals surface area contributed by atoms with Crippen LogP contribution in [-0.2, 0) is 19.2 Å². The molecule has 0 aromatic heterocycles. The second kappa shape index (κ2) is 18.7. The number of nitrogens with zero attached hydrogens (tertiary/aromatic N) is 2. The molecule has 0 rings (SSSR count). The summed E-state index contributed by atoms with van der Waals surface area (Å²) in [5.41, 5.74) is 30.6. The van der Waals surface area contributed by atoms with Crippen molar-refractivity contribution in [2.24, 2.45) is 44.4 Å². The number of rotatable bonds is 10. The number of nitrogens with two attached hydrogens (primary N) is 6. The summed E-state index contributed by atoms with van der Waals surface area (Å²) in [6, 6.07) is -1.64. The molecule has 0 unspecified atom stereocenters. The molecule has 0 aliphatic carbocycles. The summed E-state index contributed by atoms with van der Waals surface area (Å²) in [6.07, 6.45) is 1.91. The lowest BCUT2D eigenvalue weighted by atomic mass is 10.2. The highest BCUT2D eigenvalue weighted by molar-refractivity contribution is 6.27. The van der Waals surface area contributed by atoms with Crippen LogP contribution in [0.15, 0.2) is 9.98 Å². The Morgan fingerprint density at radius 2 is 0.900 bits per heavy atom. The molecule has 16 heteroatoms. The van der Waals surface area contributed by atoms with Crippen LogP contribution in [-0.4, -0.2) is 81.4 Å². The van der Waals surface area contributed by atoms with Crippen LogP contribution in [0.5, 0.6) is 0 Å². The van der Waals surface area contributed by atoms with E-state index in [4.69, 9.17) is 64.4 Å². The van der Waals surface area contributed by atoms with E-state index in [0.717, 1.165) is 0 Å². The molecule has 16 N–H and O–H groups in total. The molecule has 2 atom stereocenters. The van der Waals surface area contributed by atoms with Gasteiger partial charge in [-0.2, -0.15) is 0 Å². The quantitative estimate of drug-likeness (QED) is 0.0673. The van der Waals surface area contributed by atoms with Gasteiger partial charge in [0.05, 0.1) is 0 Å². The summed E-state index contributed by atoms with van der Waals surface area (Å²) in [5.74, 6) is -5.62. The number of hydrogen-bond acceptors (Lipinski definition) is 8. The number of aliphatic carboxylic acids is 4. The van der Waals surface area contributed by atoms with Gasteiger partial charge >= 0.3 is 23.9 Å². The van der Waals surface area contributed by atoms with Gasteiger partial charge in [-0.1, -0.05) is 0 Å². The number of aliphatic imine (C=N–C) groups is 2. The van der Waals surface area contributed by atoms with Crippen LogP contribution in [0.4, 0.5) is 0 Å². The molecule has 0 spiro atoms. The van der Waals surface area contributed by atoms with E-state index in [1.165, 1.54) is 0 Å². The fourth-order valence-electron chi connectivity index (χ4n) is 1.29. The first-order chi connectivity index (χ1) is 13.7. The van der Waals surface area contributed by atoms with Crippen molar-refractivity contribution < 1.29 is 39.6 Å². The molecule has 0 saturated carbocycles. The van der Waals surface area contributed by atoms with Crippen molar-refractivity contribution in [1.29, 1.82) is 0 Å². The predicted octanol–water partition coefficient (Wildman–Crippen LogP) is -3.94. The number of carboxylic acid groups (broad SMARTS) is 4. The smallest absolute Gasteiger partial charge is 0.414 e. The largest absolute Gasteiger partial charge is 0.480 e. The van der Waals surface area contributed by atoms with Gasteiger partial charge in [0.15, 0.2) is 11.9 Å². The zero-order valence-corrected chi connectivity index (χ0v) is 16.2. The molecule has 0 fully saturated rings. The van der Waals surface area contributed by atoms with E-state index in [2.05, 4.69) is 9.98 Å². The minimum Gasteiger partial charge on any atom is -0.480 e. The Kier molecular flexibility index (Phi) is 19.3. The summed E-state index contributed by atoms with van der Waals surface area (Å²) >= 11 is 0. The molecule has 0 heterocycles. The van der Waals surface area contributed by atoms with Gasteiger partial charge in [-0.25, -0.2) is 9.59 Å². The van der Waals surface area contributed by atoms with Gasteiger partial charge in [0, 0.05) is 13.1 Å². The van der Waals surface area contributed by atoms with E-state index < -0.39 is 36.0 Å². The van der Waals surface area contributed by atoms with Crippen molar-refractivity contribution in [1.82, 2.24) is 0 Å². The van der Waals surface area contributed by atoms with Crippen LogP contribution in [0.2, 0.25) is 0 Å². The number of hydrogen-bond donors (Lipinski definition) is 10. The van der Waals surface area contributed by atoms with Gasteiger partial charge in [-0.3, -0.25) is 19.6 Å². The molecule has 30 heavy (non-hydrogen) atoms. The van der Waals surface area contributed by atoms with Crippen molar-refractivity contribution in [3.8, 4) is 0 Å². The summed E-state index contributed by atoms with van der Waals surface area (Å²) in [6.45, 7) is 0.840. The van der Waals surface area contributed by atoms with E-state index in [1.807, 2.05) is 0 Å². The Morgan fingerprint density at radius 1 is 0.633 bits per heavy atom. The summed E-state index contributed by atoms with van der Waals surface area (Å²) in [5, 5.41) is 31.5. The minimum atomic E-state index is -1.82. The van der Waals surface area contributed by atoms with E-state index in [0.29, 0.717) is 38.8 Å². The normalized spacial score (nSPS) is 11.1. The van der Waals surface area contributed by atoms with E-state index in [-0.39, 0.29) is 11.9 Å². The maximum atomic E-state index is 10.2. The third-order valence-corrected chi connectivity index (χ3v) is 2.75. The lowest BCUT2D eigenvalue weighted by Crippen LogP contribution is -2.30. The van der Waals surface area contributed by atoms with Gasteiger partial charge in [-0.05, 0) is 25.7 Å². The Morgan fingerprint density at radius 3 is 1.07 bits per heavy atom. The molecule has 174 valence electrons. The summed E-state index contributed by atoms with van der Waals surface area (Å²) in [4.78, 5) is 46.0. The zero-order valence-electron chi connectivity index (χ0n) is 16.2. The van der Waals surface area contributed by atoms with E-state index >= 15 is 0 Å². The molecule has 0 bridgehead atoms. The standard InChI is InChI=1S/2C6H14N4O2.C2H2O4/c2*7-4(5(11)12)2-1-3-10-6(8)9;3-1(4)2(5)6/h2*4H,1-3,7H2,(H,11,12)(H4,8,9,10);(H,3,4)(H,5,6)/t2*4-;/m00./s1. The number of guanidine groups is 2. The van der Waals surface area contributed by atoms with Crippen LogP contribution in [0, 0.1) is 0 Å². The van der Waals surface area contributed by atoms with Gasteiger partial charge in [0.25, 0.3) is 0 Å². The SMILES string of the molecule is NC(N)=NCCC[C@H](N)C(=O)O.NC(N)=NCCC[C@H](N)C(=O)O.O=C(O)C(=O)O. The third-order valence-electron chi connectivity index (χ3n) is 2.75. The fourth-order valence-corrected chi connectivity index (χ4v) is 1.29. The van der Waals surface area contributed by atoms with Gasteiger partial charge < -0.3 is 54.8 Å². The number of carboxylic acids is 4. The zero-order chi connectivity index (χ0) is 24.3. The van der Waals surface area contributed by atoms with Crippen LogP contribution in [0.3, 0.4) is 0 Å². The topological polar surface area (TPSA) is 330 Å². The molecule has 16 nitrogen and oxygen atoms in total. The molecule has 0 saturated heterocycles. The first kappa shape index (κ1) is 31.0. The lowest BCUT2D eigenvalue weighted by Gasteiger charge is -2.03. The summed E-state index contributed by atoms with van der Waals surface area (Å²) in [7, 11) is 0. The highest BCUT2D eigenvalue weighted by atomic mass is 16.4. The fraction of sp³-hybridized carbons (Fsp3) is 0.571. The Bertz CT molecular complexity index is 551. The van der Waals surface area contributed by atoms with Gasteiger partial charge in [-0.15, -0.1) is 0 Å². The third kappa shape index (κ3) is 26.6. The van der Waals surface area contributed by atoms with Crippen LogP contribution in [0.25, 0.3) is 0 Å². The Labute approximate surface area is 171 Å². The Balaban J connectivity index is -0.000000386. The molecule has 0 aromatic carbocycles. The Hall–Kier alpha value is -3.66. The second-order valence-electron chi connectivity index (χ2n) is 5.40. The predicted molar refractivity (Wildman–Crippen MR) is 106 cm³/mol.